The third-order valence-electron chi connectivity index (χ3n) is 1.88. The van der Waals surface area contributed by atoms with Gasteiger partial charge in [0.2, 0.25) is 0 Å². The molecule has 8 heteroatoms. The second-order valence-electron chi connectivity index (χ2n) is 2.99. The molecule has 0 saturated heterocycles. The Morgan fingerprint density at radius 3 is 2.72 bits per heavy atom. The minimum Gasteiger partial charge on any atom is -0.462 e. The summed E-state index contributed by atoms with van der Waals surface area (Å²) in [5.41, 5.74) is -0.518. The van der Waals surface area contributed by atoms with Crippen molar-refractivity contribution in [2.24, 2.45) is 4.40 Å². The lowest BCUT2D eigenvalue weighted by molar-refractivity contribution is 0.0520. The van der Waals surface area contributed by atoms with Gasteiger partial charge in [-0.3, -0.25) is 0 Å². The number of carbonyl (C=O) groups excluding carboxylic acids is 2. The SMILES string of the molecule is CCOC(=O)c1cccc(F)c1S(=O)(=O)N=C=O. The number of esters is 1. The molecule has 6 nitrogen and oxygen atoms in total. The molecular weight excluding hydrogens is 265 g/mol. The van der Waals surface area contributed by atoms with Gasteiger partial charge >= 0.3 is 5.97 Å². The van der Waals surface area contributed by atoms with Crippen LogP contribution in [0.25, 0.3) is 0 Å². The third kappa shape index (κ3) is 2.79. The number of isocyanates is 1. The maximum absolute atomic E-state index is 13.5. The van der Waals surface area contributed by atoms with Crippen LogP contribution in [0.4, 0.5) is 4.39 Å². The van der Waals surface area contributed by atoms with Gasteiger partial charge < -0.3 is 4.74 Å². The zero-order valence-electron chi connectivity index (χ0n) is 9.21. The summed E-state index contributed by atoms with van der Waals surface area (Å²) in [6, 6.07) is 3.04. The number of nitrogens with zero attached hydrogens (tertiary/aromatic N) is 1. The Morgan fingerprint density at radius 1 is 1.50 bits per heavy atom. The Hall–Kier alpha value is -2.05. The fourth-order valence-corrected chi connectivity index (χ4v) is 2.17. The highest BCUT2D eigenvalue weighted by molar-refractivity contribution is 7.90. The molecule has 18 heavy (non-hydrogen) atoms. The first-order chi connectivity index (χ1) is 8.44. The van der Waals surface area contributed by atoms with Gasteiger partial charge in [-0.15, -0.1) is 0 Å². The lowest BCUT2D eigenvalue weighted by atomic mass is 10.2. The zero-order valence-corrected chi connectivity index (χ0v) is 10.0. The fourth-order valence-electron chi connectivity index (χ4n) is 1.24. The molecule has 1 aromatic rings. The molecule has 0 radical (unpaired) electrons. The van der Waals surface area contributed by atoms with Crippen LogP contribution in [0.2, 0.25) is 0 Å². The van der Waals surface area contributed by atoms with Gasteiger partial charge in [0.25, 0.3) is 16.1 Å². The topological polar surface area (TPSA) is 89.9 Å². The molecule has 0 atom stereocenters. The average Bonchev–Trinajstić information content (AvgIpc) is 2.28. The van der Waals surface area contributed by atoms with E-state index in [0.29, 0.717) is 0 Å². The van der Waals surface area contributed by atoms with E-state index in [2.05, 4.69) is 9.13 Å². The molecule has 0 spiro atoms. The summed E-state index contributed by atoms with van der Waals surface area (Å²) in [7, 11) is -4.61. The van der Waals surface area contributed by atoms with Gasteiger partial charge in [0, 0.05) is 0 Å². The Kier molecular flexibility index (Phi) is 4.30. The number of carbonyl (C=O) groups is 1. The lowest BCUT2D eigenvalue weighted by Crippen LogP contribution is -2.12. The van der Waals surface area contributed by atoms with Crippen molar-refractivity contribution in [1.82, 2.24) is 0 Å². The number of hydrogen-bond donors (Lipinski definition) is 0. The maximum Gasteiger partial charge on any atom is 0.339 e. The van der Waals surface area contributed by atoms with E-state index in [1.807, 2.05) is 0 Å². The quantitative estimate of drug-likeness (QED) is 0.464. The molecule has 96 valence electrons. The molecule has 0 aliphatic heterocycles. The Labute approximate surface area is 102 Å². The molecule has 1 rings (SSSR count). The summed E-state index contributed by atoms with van der Waals surface area (Å²) in [5, 5.41) is 0. The normalized spacial score (nSPS) is 10.6. The lowest BCUT2D eigenvalue weighted by Gasteiger charge is -2.06. The number of hydrogen-bond acceptors (Lipinski definition) is 5. The molecule has 0 amide bonds. The van der Waals surface area contributed by atoms with Crippen LogP contribution in [-0.2, 0) is 19.6 Å². The zero-order chi connectivity index (χ0) is 13.8. The van der Waals surface area contributed by atoms with Crippen LogP contribution < -0.4 is 0 Å². The minimum atomic E-state index is -4.61. The molecule has 0 bridgehead atoms. The van der Waals surface area contributed by atoms with Crippen molar-refractivity contribution < 1.29 is 27.1 Å². The number of ether oxygens (including phenoxy) is 1. The van der Waals surface area contributed by atoms with Gasteiger partial charge in [-0.1, -0.05) is 10.5 Å². The largest absolute Gasteiger partial charge is 0.462 e. The monoisotopic (exact) mass is 273 g/mol. The van der Waals surface area contributed by atoms with Crippen LogP contribution in [0.15, 0.2) is 27.5 Å². The summed E-state index contributed by atoms with van der Waals surface area (Å²) >= 11 is 0. The van der Waals surface area contributed by atoms with E-state index in [1.165, 1.54) is 6.92 Å². The number of sulfonamides is 1. The molecule has 1 aromatic carbocycles. The molecule has 0 aromatic heterocycles. The van der Waals surface area contributed by atoms with Crippen molar-refractivity contribution in [2.45, 2.75) is 11.8 Å². The number of halogens is 1. The second-order valence-corrected chi connectivity index (χ2v) is 4.54. The van der Waals surface area contributed by atoms with Crippen molar-refractivity contribution in [2.75, 3.05) is 6.61 Å². The Morgan fingerprint density at radius 2 is 2.17 bits per heavy atom. The van der Waals surface area contributed by atoms with Crippen molar-refractivity contribution in [1.29, 1.82) is 0 Å². The van der Waals surface area contributed by atoms with Crippen molar-refractivity contribution in [3.8, 4) is 0 Å². The first-order valence-electron chi connectivity index (χ1n) is 4.73. The van der Waals surface area contributed by atoms with Crippen LogP contribution >= 0.6 is 0 Å². The summed E-state index contributed by atoms with van der Waals surface area (Å²) in [6.45, 7) is 1.50. The van der Waals surface area contributed by atoms with E-state index in [1.54, 1.807) is 0 Å². The first-order valence-corrected chi connectivity index (χ1v) is 6.17. The van der Waals surface area contributed by atoms with Gasteiger partial charge in [0.05, 0.1) is 12.2 Å². The summed E-state index contributed by atoms with van der Waals surface area (Å²) < 4.78 is 43.6. The van der Waals surface area contributed by atoms with Gasteiger partial charge in [-0.25, -0.2) is 14.0 Å². The van der Waals surface area contributed by atoms with E-state index in [4.69, 9.17) is 0 Å². The number of rotatable bonds is 4. The van der Waals surface area contributed by atoms with Gasteiger partial charge in [0.15, 0.2) is 0 Å². The molecule has 0 heterocycles. The van der Waals surface area contributed by atoms with Crippen LogP contribution in [0, 0.1) is 5.82 Å². The molecule has 0 saturated carbocycles. The fraction of sp³-hybridized carbons (Fsp3) is 0.200. The van der Waals surface area contributed by atoms with E-state index in [0.717, 1.165) is 24.3 Å². The summed E-state index contributed by atoms with van der Waals surface area (Å²) in [6.07, 6.45) is 0.800. The van der Waals surface area contributed by atoms with E-state index < -0.39 is 32.3 Å². The van der Waals surface area contributed by atoms with Gasteiger partial charge in [-0.2, -0.15) is 8.42 Å². The van der Waals surface area contributed by atoms with Gasteiger partial charge in [0.1, 0.15) is 10.7 Å². The highest BCUT2D eigenvalue weighted by Crippen LogP contribution is 2.22. The molecule has 0 N–H and O–H groups in total. The minimum absolute atomic E-state index is 0.00815. The maximum atomic E-state index is 13.5. The van der Waals surface area contributed by atoms with E-state index in [9.17, 15) is 22.4 Å². The molecule has 0 aliphatic carbocycles. The van der Waals surface area contributed by atoms with Crippen LogP contribution in [0.5, 0.6) is 0 Å². The molecular formula is C10H8FNO5S. The molecule has 0 fully saturated rings. The van der Waals surface area contributed by atoms with Crippen molar-refractivity contribution in [3.05, 3.63) is 29.6 Å². The van der Waals surface area contributed by atoms with Crippen LogP contribution in [0.1, 0.15) is 17.3 Å². The van der Waals surface area contributed by atoms with Crippen LogP contribution in [0.3, 0.4) is 0 Å². The Balaban J connectivity index is 3.52. The van der Waals surface area contributed by atoms with Crippen LogP contribution in [-0.4, -0.2) is 27.1 Å². The standard InChI is InChI=1S/C10H8FNO5S/c1-2-17-10(14)7-4-3-5-8(11)9(7)18(15,16)12-6-13/h3-5H,2H2,1H3. The predicted molar refractivity (Wildman–Crippen MR) is 57.7 cm³/mol. The highest BCUT2D eigenvalue weighted by atomic mass is 32.2. The average molecular weight is 273 g/mol. The summed E-state index contributed by atoms with van der Waals surface area (Å²) in [4.78, 5) is 20.5. The molecule has 0 unspecified atom stereocenters. The predicted octanol–water partition coefficient (Wildman–Crippen LogP) is 1.03. The van der Waals surface area contributed by atoms with Gasteiger partial charge in [-0.05, 0) is 19.1 Å². The van der Waals surface area contributed by atoms with E-state index in [-0.39, 0.29) is 6.61 Å². The van der Waals surface area contributed by atoms with E-state index >= 15 is 0 Å². The smallest absolute Gasteiger partial charge is 0.339 e. The summed E-state index contributed by atoms with van der Waals surface area (Å²) in [5.74, 6) is -2.21. The Bertz CT molecular complexity index is 619. The highest BCUT2D eigenvalue weighted by Gasteiger charge is 2.27. The second kappa shape index (κ2) is 5.52. The van der Waals surface area contributed by atoms with Crippen molar-refractivity contribution >= 4 is 22.1 Å². The number of benzene rings is 1. The molecule has 0 aliphatic rings. The first kappa shape index (κ1) is 14.0. The third-order valence-corrected chi connectivity index (χ3v) is 3.12. The van der Waals surface area contributed by atoms with Crippen molar-refractivity contribution in [3.63, 3.8) is 0 Å².